The van der Waals surface area contributed by atoms with Crippen molar-refractivity contribution in [2.24, 2.45) is 0 Å². The minimum Gasteiger partial charge on any atom is -0.393 e. The molecule has 1 fully saturated rings. The zero-order valence-electron chi connectivity index (χ0n) is 18.2. The van der Waals surface area contributed by atoms with Gasteiger partial charge in [-0.15, -0.1) is 0 Å². The number of hydrogen-bond acceptors (Lipinski definition) is 7. The van der Waals surface area contributed by atoms with Gasteiger partial charge in [-0.05, 0) is 24.6 Å². The molecule has 0 radical (unpaired) electrons. The summed E-state index contributed by atoms with van der Waals surface area (Å²) in [5.41, 5.74) is 11.2. The Kier molecular flexibility index (Phi) is 5.56. The van der Waals surface area contributed by atoms with Crippen molar-refractivity contribution in [3.8, 4) is 0 Å². The van der Waals surface area contributed by atoms with Crippen molar-refractivity contribution < 1.29 is 0 Å². The van der Waals surface area contributed by atoms with Gasteiger partial charge in [0.25, 0.3) is 0 Å². The molecule has 162 valence electrons. The van der Waals surface area contributed by atoms with Gasteiger partial charge >= 0.3 is 0 Å². The monoisotopic (exact) mass is 425 g/mol. The summed E-state index contributed by atoms with van der Waals surface area (Å²) in [7, 11) is 0. The van der Waals surface area contributed by atoms with Gasteiger partial charge in [-0.3, -0.25) is 9.88 Å². The van der Waals surface area contributed by atoms with E-state index in [1.54, 1.807) is 6.33 Å². The van der Waals surface area contributed by atoms with Gasteiger partial charge in [-0.2, -0.15) is 0 Å². The fraction of sp³-hybridized carbons (Fsp3) is 0.240. The number of aryl methyl sites for hydroxylation is 1. The fourth-order valence-corrected chi connectivity index (χ4v) is 4.17. The van der Waals surface area contributed by atoms with Crippen LogP contribution in [0.2, 0.25) is 0 Å². The first-order valence-electron chi connectivity index (χ1n) is 10.9. The normalized spacial score (nSPS) is 14.6. The number of anilines is 4. The van der Waals surface area contributed by atoms with E-state index >= 15 is 0 Å². The number of rotatable bonds is 5. The lowest BCUT2D eigenvalue weighted by Crippen LogP contribution is -2.46. The Balaban J connectivity index is 1.32. The first kappa shape index (κ1) is 20.2. The average molecular weight is 426 g/mol. The molecule has 1 saturated heterocycles. The van der Waals surface area contributed by atoms with E-state index in [0.29, 0.717) is 11.5 Å². The van der Waals surface area contributed by atoms with Crippen molar-refractivity contribution in [2.45, 2.75) is 13.5 Å². The fourth-order valence-electron chi connectivity index (χ4n) is 4.17. The third-order valence-corrected chi connectivity index (χ3v) is 5.90. The molecule has 7 heteroatoms. The number of para-hydroxylation sites is 1. The standard InChI is InChI=1S/C25H27N7/c1-18-10-11-20-8-5-9-21(23(20)29-18)30-24-22(26)25(28-17-27-24)32-14-12-31(13-15-32)16-19-6-3-2-4-7-19/h2-11,17H,12-16,26H2,1H3,(H,27,28,30). The van der Waals surface area contributed by atoms with Gasteiger partial charge in [0.1, 0.15) is 12.0 Å². The van der Waals surface area contributed by atoms with Gasteiger partial charge in [0.2, 0.25) is 0 Å². The van der Waals surface area contributed by atoms with E-state index in [9.17, 15) is 0 Å². The molecule has 32 heavy (non-hydrogen) atoms. The van der Waals surface area contributed by atoms with Crippen LogP contribution in [0, 0.1) is 6.92 Å². The molecule has 3 heterocycles. The number of benzene rings is 2. The topological polar surface area (TPSA) is 83.2 Å². The molecule has 0 unspecified atom stereocenters. The van der Waals surface area contributed by atoms with E-state index in [4.69, 9.17) is 10.7 Å². The first-order valence-corrected chi connectivity index (χ1v) is 10.9. The van der Waals surface area contributed by atoms with Gasteiger partial charge in [-0.1, -0.05) is 48.5 Å². The Morgan fingerprint density at radius 3 is 2.53 bits per heavy atom. The zero-order chi connectivity index (χ0) is 21.9. The summed E-state index contributed by atoms with van der Waals surface area (Å²) in [5, 5.41) is 4.46. The zero-order valence-corrected chi connectivity index (χ0v) is 18.2. The van der Waals surface area contributed by atoms with E-state index in [0.717, 1.165) is 60.8 Å². The molecule has 1 aliphatic heterocycles. The molecule has 0 amide bonds. The quantitative estimate of drug-likeness (QED) is 0.500. The third kappa shape index (κ3) is 4.20. The lowest BCUT2D eigenvalue weighted by Gasteiger charge is -2.36. The van der Waals surface area contributed by atoms with Crippen LogP contribution in [0.25, 0.3) is 10.9 Å². The Morgan fingerprint density at radius 1 is 0.906 bits per heavy atom. The number of nitrogens with one attached hydrogen (secondary N) is 1. The second kappa shape index (κ2) is 8.80. The van der Waals surface area contributed by atoms with E-state index in [1.165, 1.54) is 5.56 Å². The molecule has 4 aromatic rings. The smallest absolute Gasteiger partial charge is 0.159 e. The van der Waals surface area contributed by atoms with Crippen LogP contribution in [0.5, 0.6) is 0 Å². The summed E-state index contributed by atoms with van der Waals surface area (Å²) in [6.45, 7) is 6.64. The van der Waals surface area contributed by atoms with E-state index in [2.05, 4.69) is 67.5 Å². The Morgan fingerprint density at radius 2 is 1.72 bits per heavy atom. The molecule has 0 bridgehead atoms. The van der Waals surface area contributed by atoms with Crippen molar-refractivity contribution >= 4 is 33.9 Å². The lowest BCUT2D eigenvalue weighted by atomic mass is 10.1. The number of aromatic nitrogens is 3. The molecule has 0 spiro atoms. The van der Waals surface area contributed by atoms with Crippen LogP contribution in [0.3, 0.4) is 0 Å². The second-order valence-corrected chi connectivity index (χ2v) is 8.16. The number of nitrogens with zero attached hydrogens (tertiary/aromatic N) is 5. The Hall–Kier alpha value is -3.71. The highest BCUT2D eigenvalue weighted by Crippen LogP contribution is 2.31. The summed E-state index contributed by atoms with van der Waals surface area (Å²) in [4.78, 5) is 18.3. The molecule has 2 aromatic carbocycles. The minimum atomic E-state index is 0.564. The van der Waals surface area contributed by atoms with Crippen LogP contribution in [0.15, 0.2) is 67.0 Å². The summed E-state index contributed by atoms with van der Waals surface area (Å²) >= 11 is 0. The summed E-state index contributed by atoms with van der Waals surface area (Å²) < 4.78 is 0. The van der Waals surface area contributed by atoms with E-state index in [-0.39, 0.29) is 0 Å². The minimum absolute atomic E-state index is 0.564. The Bertz CT molecular complexity index is 1220. The van der Waals surface area contributed by atoms with Crippen LogP contribution in [-0.2, 0) is 6.54 Å². The van der Waals surface area contributed by atoms with Crippen molar-refractivity contribution in [2.75, 3.05) is 42.1 Å². The van der Waals surface area contributed by atoms with Crippen LogP contribution >= 0.6 is 0 Å². The van der Waals surface area contributed by atoms with Crippen LogP contribution < -0.4 is 16.0 Å². The van der Waals surface area contributed by atoms with Gasteiger partial charge in [0.05, 0.1) is 11.2 Å². The molecule has 2 aromatic heterocycles. The van der Waals surface area contributed by atoms with Gasteiger partial charge in [0.15, 0.2) is 11.6 Å². The highest BCUT2D eigenvalue weighted by Gasteiger charge is 2.21. The van der Waals surface area contributed by atoms with E-state index < -0.39 is 0 Å². The molecule has 0 atom stereocenters. The molecule has 3 N–H and O–H groups in total. The predicted molar refractivity (Wildman–Crippen MR) is 130 cm³/mol. The first-order chi connectivity index (χ1) is 15.7. The van der Waals surface area contributed by atoms with Gasteiger partial charge < -0.3 is 16.0 Å². The predicted octanol–water partition coefficient (Wildman–Crippen LogP) is 3.98. The summed E-state index contributed by atoms with van der Waals surface area (Å²) in [5.74, 6) is 1.39. The molecular formula is C25H27N7. The number of piperazine rings is 1. The lowest BCUT2D eigenvalue weighted by molar-refractivity contribution is 0.249. The summed E-state index contributed by atoms with van der Waals surface area (Å²) in [6.07, 6.45) is 1.58. The molecule has 1 aliphatic rings. The van der Waals surface area contributed by atoms with Gasteiger partial charge in [-0.25, -0.2) is 9.97 Å². The highest BCUT2D eigenvalue weighted by molar-refractivity contribution is 5.93. The van der Waals surface area contributed by atoms with Crippen molar-refractivity contribution in [3.63, 3.8) is 0 Å². The maximum absolute atomic E-state index is 6.53. The molecular weight excluding hydrogens is 398 g/mol. The number of fused-ring (bicyclic) bond motifs is 1. The van der Waals surface area contributed by atoms with Crippen molar-refractivity contribution in [1.82, 2.24) is 19.9 Å². The SMILES string of the molecule is Cc1ccc2cccc(Nc3ncnc(N4CCN(Cc5ccccc5)CC4)c3N)c2n1. The number of nitrogen functional groups attached to an aromatic ring is 1. The maximum atomic E-state index is 6.53. The highest BCUT2D eigenvalue weighted by atomic mass is 15.3. The van der Waals surface area contributed by atoms with E-state index in [1.807, 2.05) is 25.1 Å². The summed E-state index contributed by atoms with van der Waals surface area (Å²) in [6, 6.07) is 20.7. The van der Waals surface area contributed by atoms with Crippen LogP contribution in [0.1, 0.15) is 11.3 Å². The van der Waals surface area contributed by atoms with Crippen LogP contribution in [0.4, 0.5) is 23.0 Å². The Labute approximate surface area is 187 Å². The second-order valence-electron chi connectivity index (χ2n) is 8.16. The number of nitrogens with two attached hydrogens (primary N) is 1. The third-order valence-electron chi connectivity index (χ3n) is 5.90. The maximum Gasteiger partial charge on any atom is 0.159 e. The molecule has 7 nitrogen and oxygen atoms in total. The number of pyridine rings is 1. The number of hydrogen-bond donors (Lipinski definition) is 2. The average Bonchev–Trinajstić information content (AvgIpc) is 2.82. The van der Waals surface area contributed by atoms with Crippen molar-refractivity contribution in [3.05, 3.63) is 78.2 Å². The van der Waals surface area contributed by atoms with Crippen LogP contribution in [-0.4, -0.2) is 46.0 Å². The molecule has 5 rings (SSSR count). The largest absolute Gasteiger partial charge is 0.393 e. The van der Waals surface area contributed by atoms with Gasteiger partial charge in [0, 0.05) is 43.8 Å². The van der Waals surface area contributed by atoms with Crippen molar-refractivity contribution in [1.29, 1.82) is 0 Å². The molecule has 0 saturated carbocycles. The molecule has 0 aliphatic carbocycles.